The zero-order valence-electron chi connectivity index (χ0n) is 20.2. The smallest absolute Gasteiger partial charge is 0.416 e. The minimum Gasteiger partial charge on any atom is -0.481 e. The molecule has 3 atom stereocenters. The number of aliphatic carboxylic acids is 1. The maximum atomic E-state index is 13.2. The highest BCUT2D eigenvalue weighted by molar-refractivity contribution is 5.96. The van der Waals surface area contributed by atoms with Crippen LogP contribution in [0.4, 0.5) is 22.4 Å². The highest BCUT2D eigenvalue weighted by Gasteiger charge is 2.45. The van der Waals surface area contributed by atoms with Crippen molar-refractivity contribution in [3.05, 3.63) is 20.9 Å². The van der Waals surface area contributed by atoms with E-state index in [2.05, 4.69) is 20.1 Å². The summed E-state index contributed by atoms with van der Waals surface area (Å²) >= 11 is 0. The van der Waals surface area contributed by atoms with Crippen molar-refractivity contribution in [3.63, 3.8) is 0 Å². The molecule has 1 saturated heterocycles. The Kier molecular flexibility index (Phi) is 10.4. The average molecular weight is 535 g/mol. The zero-order valence-corrected chi connectivity index (χ0v) is 20.2. The minimum atomic E-state index is -2.74. The van der Waals surface area contributed by atoms with Gasteiger partial charge in [-0.15, -0.1) is 0 Å². The predicted molar refractivity (Wildman–Crippen MR) is 120 cm³/mol. The first-order valence-electron chi connectivity index (χ1n) is 11.9. The third kappa shape index (κ3) is 8.12. The largest absolute Gasteiger partial charge is 0.481 e. The molecule has 3 rings (SSSR count). The third-order valence-electron chi connectivity index (χ3n) is 6.94. The summed E-state index contributed by atoms with van der Waals surface area (Å²) in [5.74, 6) is -8.29. The Balaban J connectivity index is 0.000000281. The summed E-state index contributed by atoms with van der Waals surface area (Å²) in [4.78, 5) is 41.0. The fraction of sp³-hybridized carbons (Fsp3) is 0.857. The van der Waals surface area contributed by atoms with Crippen molar-refractivity contribution >= 4 is 18.0 Å². The molecule has 1 aliphatic heterocycles. The number of alkyl halides is 4. The molecule has 0 spiro atoms. The van der Waals surface area contributed by atoms with E-state index in [1.807, 2.05) is 0 Å². The van der Waals surface area contributed by atoms with Crippen LogP contribution >= 0.6 is 0 Å². The van der Waals surface area contributed by atoms with Crippen LogP contribution in [0.25, 0.3) is 20.9 Å². The van der Waals surface area contributed by atoms with Gasteiger partial charge in [-0.2, -0.15) is 0 Å². The van der Waals surface area contributed by atoms with Gasteiger partial charge < -0.3 is 9.84 Å². The van der Waals surface area contributed by atoms with Gasteiger partial charge in [0, 0.05) is 35.5 Å². The number of imide groups is 1. The first-order valence-corrected chi connectivity index (χ1v) is 11.9. The van der Waals surface area contributed by atoms with Crippen LogP contribution in [0.1, 0.15) is 64.7 Å². The van der Waals surface area contributed by atoms with E-state index in [1.54, 1.807) is 6.92 Å². The first kappa shape index (κ1) is 30.0. The van der Waals surface area contributed by atoms with E-state index in [1.165, 1.54) is 0 Å². The first-order chi connectivity index (χ1) is 17.4. The highest BCUT2D eigenvalue weighted by atomic mass is 19.3. The number of carbonyl (C=O) groups is 3. The van der Waals surface area contributed by atoms with Crippen LogP contribution in [0.15, 0.2) is 10.2 Å². The summed E-state index contributed by atoms with van der Waals surface area (Å²) in [6.45, 7) is 1.91. The fourth-order valence-corrected chi connectivity index (χ4v) is 4.73. The van der Waals surface area contributed by atoms with Crippen molar-refractivity contribution in [2.24, 2.45) is 22.1 Å². The van der Waals surface area contributed by atoms with Gasteiger partial charge in [0.15, 0.2) is 0 Å². The van der Waals surface area contributed by atoms with Gasteiger partial charge in [0.25, 0.3) is 0 Å². The molecule has 0 unspecified atom stereocenters. The number of nitrogens with zero attached hydrogens (tertiary/aromatic N) is 7. The number of carboxylic acids is 1. The normalized spacial score (nSPS) is 24.8. The monoisotopic (exact) mass is 535 g/mol. The van der Waals surface area contributed by atoms with Crippen LogP contribution in [-0.4, -0.2) is 64.6 Å². The number of halogens is 4. The number of cyclic esters (lactones) is 1. The van der Waals surface area contributed by atoms with Crippen LogP contribution in [0.5, 0.6) is 0 Å². The molecule has 2 aliphatic carbocycles. The maximum absolute atomic E-state index is 13.2. The number of amides is 2. The second-order valence-corrected chi connectivity index (χ2v) is 9.37. The fourth-order valence-electron chi connectivity index (χ4n) is 4.73. The molecule has 0 aromatic rings. The molecule has 37 heavy (non-hydrogen) atoms. The molecule has 0 aromatic heterocycles. The molecule has 2 amide bonds. The van der Waals surface area contributed by atoms with Gasteiger partial charge in [0.1, 0.15) is 18.7 Å². The Morgan fingerprint density at radius 1 is 1.00 bits per heavy atom. The van der Waals surface area contributed by atoms with Crippen molar-refractivity contribution in [3.8, 4) is 0 Å². The van der Waals surface area contributed by atoms with Gasteiger partial charge >= 0.3 is 12.1 Å². The molecule has 1 heterocycles. The van der Waals surface area contributed by atoms with Crippen molar-refractivity contribution in [1.29, 1.82) is 0 Å². The van der Waals surface area contributed by atoms with E-state index < -0.39 is 59.8 Å². The summed E-state index contributed by atoms with van der Waals surface area (Å²) in [5, 5.41) is 15.3. The van der Waals surface area contributed by atoms with Crippen LogP contribution in [-0.2, 0) is 14.3 Å². The molecule has 3 fully saturated rings. The quantitative estimate of drug-likeness (QED) is 0.186. The number of rotatable bonds is 7. The summed E-state index contributed by atoms with van der Waals surface area (Å²) in [7, 11) is 0. The Hall–Kier alpha value is -3.25. The topological polar surface area (TPSA) is 181 Å². The Morgan fingerprint density at radius 3 is 1.84 bits per heavy atom. The van der Waals surface area contributed by atoms with E-state index in [4.69, 9.17) is 20.9 Å². The van der Waals surface area contributed by atoms with Crippen LogP contribution < -0.4 is 0 Å². The van der Waals surface area contributed by atoms with Crippen molar-refractivity contribution in [1.82, 2.24) is 4.90 Å². The zero-order chi connectivity index (χ0) is 27.8. The molecule has 0 aromatic carbocycles. The standard InChI is InChI=1S/C13H18F2N4O3.C8H11F2N3O2/c1-2-9-7-22-12(21)19(9)11(20)10(17-18-16)8-3-5-13(14,15)6-4-8;9-8(10)3-1-5(2-4-8)6(7(14)15)12-13-11/h8-10H,2-7H2,1H3;5-6H,1-4H2,(H,14,15)/t9-,10-;6-/m00/s1. The van der Waals surface area contributed by atoms with E-state index >= 15 is 0 Å². The molecule has 0 bridgehead atoms. The maximum Gasteiger partial charge on any atom is 0.416 e. The third-order valence-corrected chi connectivity index (χ3v) is 6.94. The summed E-state index contributed by atoms with van der Waals surface area (Å²) in [5.41, 5.74) is 16.8. The molecular formula is C21H29F4N7O5. The lowest BCUT2D eigenvalue weighted by Crippen LogP contribution is -2.47. The van der Waals surface area contributed by atoms with E-state index in [0.717, 1.165) is 4.90 Å². The van der Waals surface area contributed by atoms with E-state index in [0.29, 0.717) is 6.42 Å². The van der Waals surface area contributed by atoms with Gasteiger partial charge in [0.2, 0.25) is 17.8 Å². The Bertz CT molecular complexity index is 934. The number of carbonyl (C=O) groups excluding carboxylic acids is 2. The number of carboxylic acid groups (broad SMARTS) is 1. The van der Waals surface area contributed by atoms with Gasteiger partial charge in [-0.3, -0.25) is 9.59 Å². The highest BCUT2D eigenvalue weighted by Crippen LogP contribution is 2.39. The molecule has 3 aliphatic rings. The van der Waals surface area contributed by atoms with Gasteiger partial charge in [-0.05, 0) is 55.0 Å². The molecule has 16 heteroatoms. The molecule has 1 N–H and O–H groups in total. The Morgan fingerprint density at radius 2 is 1.43 bits per heavy atom. The summed E-state index contributed by atoms with van der Waals surface area (Å²) in [6, 6.07) is -2.76. The minimum absolute atomic E-state index is 0.0854. The summed E-state index contributed by atoms with van der Waals surface area (Å²) in [6.07, 6.45) is -1.26. The van der Waals surface area contributed by atoms with E-state index in [-0.39, 0.29) is 58.0 Å². The number of ether oxygens (including phenoxy) is 1. The summed E-state index contributed by atoms with van der Waals surface area (Å²) < 4.78 is 56.9. The molecule has 0 radical (unpaired) electrons. The Labute approximate surface area is 209 Å². The van der Waals surface area contributed by atoms with Gasteiger partial charge in [-0.25, -0.2) is 27.3 Å². The van der Waals surface area contributed by atoms with Crippen molar-refractivity contribution in [2.75, 3.05) is 6.61 Å². The molecular weight excluding hydrogens is 506 g/mol. The number of hydrogen-bond donors (Lipinski definition) is 1. The van der Waals surface area contributed by atoms with Crippen LogP contribution in [0.3, 0.4) is 0 Å². The molecule has 206 valence electrons. The lowest BCUT2D eigenvalue weighted by Gasteiger charge is -2.32. The van der Waals surface area contributed by atoms with Crippen LogP contribution in [0, 0.1) is 11.8 Å². The van der Waals surface area contributed by atoms with Crippen LogP contribution in [0.2, 0.25) is 0 Å². The van der Waals surface area contributed by atoms with Crippen molar-refractivity contribution < 1.29 is 41.8 Å². The van der Waals surface area contributed by atoms with Gasteiger partial charge in [-0.1, -0.05) is 17.2 Å². The molecule has 12 nitrogen and oxygen atoms in total. The number of azide groups is 2. The lowest BCUT2D eigenvalue weighted by atomic mass is 9.81. The predicted octanol–water partition coefficient (Wildman–Crippen LogP) is 5.82. The van der Waals surface area contributed by atoms with Gasteiger partial charge in [0.05, 0.1) is 6.04 Å². The second kappa shape index (κ2) is 12.8. The number of hydrogen-bond acceptors (Lipinski definition) is 6. The van der Waals surface area contributed by atoms with E-state index in [9.17, 15) is 31.9 Å². The molecule has 2 saturated carbocycles. The second-order valence-electron chi connectivity index (χ2n) is 9.37. The SMILES string of the molecule is CC[C@H]1COC(=O)N1C(=O)[C@@H](N=[N+]=[N-])C1CCC(F)(F)CC1.[N-]=[N+]=N[C@H](C(=O)O)C1CCC(F)(F)CC1. The average Bonchev–Trinajstić information content (AvgIpc) is 3.22. The lowest BCUT2D eigenvalue weighted by molar-refractivity contribution is -0.141. The van der Waals surface area contributed by atoms with Crippen molar-refractivity contribution in [2.45, 2.75) is 94.7 Å².